The van der Waals surface area contributed by atoms with E-state index in [0.29, 0.717) is 11.6 Å². The third kappa shape index (κ3) is 3.20. The van der Waals surface area contributed by atoms with Crippen LogP contribution in [-0.2, 0) is 5.41 Å². The molecule has 3 N–H and O–H groups in total. The lowest BCUT2D eigenvalue weighted by Crippen LogP contribution is -2.45. The van der Waals surface area contributed by atoms with Crippen LogP contribution < -0.4 is 5.73 Å². The highest BCUT2D eigenvalue weighted by Crippen LogP contribution is 2.23. The molecule has 0 aliphatic carbocycles. The summed E-state index contributed by atoms with van der Waals surface area (Å²) in [5.41, 5.74) is 7.45. The molecule has 0 aromatic carbocycles. The zero-order valence-corrected chi connectivity index (χ0v) is 12.9. The van der Waals surface area contributed by atoms with E-state index in [-0.39, 0.29) is 17.4 Å². The van der Waals surface area contributed by atoms with E-state index in [9.17, 15) is 4.79 Å². The molecule has 1 aromatic heterocycles. The quantitative estimate of drug-likeness (QED) is 0.867. The van der Waals surface area contributed by atoms with Crippen LogP contribution in [0.3, 0.4) is 0 Å². The molecule has 1 aromatic rings. The first-order valence-corrected chi connectivity index (χ1v) is 7.40. The Morgan fingerprint density at radius 2 is 2.25 bits per heavy atom. The van der Waals surface area contributed by atoms with Crippen molar-refractivity contribution in [3.8, 4) is 0 Å². The van der Waals surface area contributed by atoms with Crippen molar-refractivity contribution in [2.75, 3.05) is 13.1 Å². The van der Waals surface area contributed by atoms with Gasteiger partial charge in [0.1, 0.15) is 5.69 Å². The minimum absolute atomic E-state index is 0.0158. The standard InChI is InChI=1S/C15H26N4O/c1-10(16)11-6-5-7-19(9-11)14(20)12-8-13(18-17-12)15(2,3)4/h8,10-11H,5-7,9,16H2,1-4H3,(H,17,18). The van der Waals surface area contributed by atoms with Gasteiger partial charge in [0.05, 0.1) is 0 Å². The van der Waals surface area contributed by atoms with E-state index in [0.717, 1.165) is 31.6 Å². The van der Waals surface area contributed by atoms with Crippen LogP contribution in [0.4, 0.5) is 0 Å². The number of nitrogens with two attached hydrogens (primary N) is 1. The molecule has 1 fully saturated rings. The number of carbonyl (C=O) groups is 1. The SMILES string of the molecule is CC(N)C1CCCN(C(=O)c2cc(C(C)(C)C)[nH]n2)C1. The summed E-state index contributed by atoms with van der Waals surface area (Å²) < 4.78 is 0. The number of nitrogens with one attached hydrogen (secondary N) is 1. The molecule has 112 valence electrons. The van der Waals surface area contributed by atoms with E-state index < -0.39 is 0 Å². The lowest BCUT2D eigenvalue weighted by molar-refractivity contribution is 0.0655. The lowest BCUT2D eigenvalue weighted by atomic mass is 9.91. The van der Waals surface area contributed by atoms with Crippen LogP contribution in [0.5, 0.6) is 0 Å². The topological polar surface area (TPSA) is 75.0 Å². The van der Waals surface area contributed by atoms with E-state index in [1.54, 1.807) is 0 Å². The van der Waals surface area contributed by atoms with Gasteiger partial charge >= 0.3 is 0 Å². The number of rotatable bonds is 2. The van der Waals surface area contributed by atoms with Gasteiger partial charge in [-0.2, -0.15) is 5.10 Å². The zero-order chi connectivity index (χ0) is 14.9. The van der Waals surface area contributed by atoms with Crippen molar-refractivity contribution in [2.24, 2.45) is 11.7 Å². The monoisotopic (exact) mass is 278 g/mol. The van der Waals surface area contributed by atoms with Crippen molar-refractivity contribution in [1.29, 1.82) is 0 Å². The van der Waals surface area contributed by atoms with E-state index in [4.69, 9.17) is 5.73 Å². The molecular weight excluding hydrogens is 252 g/mol. The number of carbonyl (C=O) groups excluding carboxylic acids is 1. The van der Waals surface area contributed by atoms with Crippen molar-refractivity contribution < 1.29 is 4.79 Å². The van der Waals surface area contributed by atoms with Gasteiger partial charge in [-0.3, -0.25) is 9.89 Å². The Labute approximate surface area is 120 Å². The predicted octanol–water partition coefficient (Wildman–Crippen LogP) is 1.91. The van der Waals surface area contributed by atoms with Crippen molar-refractivity contribution in [2.45, 2.75) is 52.0 Å². The number of aromatic amines is 1. The molecule has 0 radical (unpaired) electrons. The van der Waals surface area contributed by atoms with Crippen LogP contribution >= 0.6 is 0 Å². The average Bonchev–Trinajstić information content (AvgIpc) is 2.87. The molecule has 0 spiro atoms. The van der Waals surface area contributed by atoms with E-state index >= 15 is 0 Å². The Hall–Kier alpha value is -1.36. The maximum atomic E-state index is 12.5. The summed E-state index contributed by atoms with van der Waals surface area (Å²) >= 11 is 0. The van der Waals surface area contributed by atoms with Crippen LogP contribution in [0, 0.1) is 5.92 Å². The summed E-state index contributed by atoms with van der Waals surface area (Å²) in [5.74, 6) is 0.413. The molecule has 1 aliphatic rings. The summed E-state index contributed by atoms with van der Waals surface area (Å²) in [6.45, 7) is 9.87. The van der Waals surface area contributed by atoms with Gasteiger partial charge in [-0.15, -0.1) is 0 Å². The van der Waals surface area contributed by atoms with Crippen molar-refractivity contribution in [3.05, 3.63) is 17.5 Å². The number of hydrogen-bond donors (Lipinski definition) is 2. The summed E-state index contributed by atoms with van der Waals surface area (Å²) in [5, 5.41) is 7.16. The van der Waals surface area contributed by atoms with Crippen LogP contribution in [0.2, 0.25) is 0 Å². The summed E-state index contributed by atoms with van der Waals surface area (Å²) in [6, 6.07) is 2.01. The number of nitrogens with zero attached hydrogens (tertiary/aromatic N) is 2. The molecule has 2 rings (SSSR count). The highest BCUT2D eigenvalue weighted by atomic mass is 16.2. The molecule has 1 amide bonds. The summed E-state index contributed by atoms with van der Waals surface area (Å²) in [4.78, 5) is 14.4. The minimum Gasteiger partial charge on any atom is -0.337 e. The lowest BCUT2D eigenvalue weighted by Gasteiger charge is -2.34. The molecule has 2 atom stereocenters. The number of piperidine rings is 1. The fourth-order valence-electron chi connectivity index (χ4n) is 2.60. The Bertz CT molecular complexity index is 472. The normalized spacial score (nSPS) is 21.9. The molecule has 2 unspecified atom stereocenters. The van der Waals surface area contributed by atoms with Gasteiger partial charge in [0.25, 0.3) is 5.91 Å². The van der Waals surface area contributed by atoms with Gasteiger partial charge in [0.15, 0.2) is 0 Å². The number of likely N-dealkylation sites (tertiary alicyclic amines) is 1. The number of amides is 1. The maximum Gasteiger partial charge on any atom is 0.274 e. The number of aromatic nitrogens is 2. The Kier molecular flexibility index (Phi) is 4.18. The smallest absolute Gasteiger partial charge is 0.274 e. The Balaban J connectivity index is 2.09. The second-order valence-electron chi connectivity index (χ2n) is 6.93. The molecule has 2 heterocycles. The van der Waals surface area contributed by atoms with Crippen LogP contribution in [0.25, 0.3) is 0 Å². The highest BCUT2D eigenvalue weighted by Gasteiger charge is 2.28. The fraction of sp³-hybridized carbons (Fsp3) is 0.733. The first-order chi connectivity index (χ1) is 9.29. The van der Waals surface area contributed by atoms with Crippen molar-refractivity contribution in [3.63, 3.8) is 0 Å². The van der Waals surface area contributed by atoms with E-state index in [1.807, 2.05) is 17.9 Å². The van der Waals surface area contributed by atoms with Gasteiger partial charge in [0.2, 0.25) is 0 Å². The third-order valence-electron chi connectivity index (χ3n) is 4.09. The average molecular weight is 278 g/mol. The summed E-state index contributed by atoms with van der Waals surface area (Å²) in [7, 11) is 0. The Morgan fingerprint density at radius 3 is 2.80 bits per heavy atom. The largest absolute Gasteiger partial charge is 0.337 e. The third-order valence-corrected chi connectivity index (χ3v) is 4.09. The molecule has 1 saturated heterocycles. The number of hydrogen-bond acceptors (Lipinski definition) is 3. The van der Waals surface area contributed by atoms with Gasteiger partial charge in [-0.1, -0.05) is 20.8 Å². The molecule has 5 heteroatoms. The highest BCUT2D eigenvalue weighted by molar-refractivity contribution is 5.92. The van der Waals surface area contributed by atoms with Gasteiger partial charge in [-0.25, -0.2) is 0 Å². The molecule has 0 bridgehead atoms. The molecule has 1 aliphatic heterocycles. The number of H-pyrrole nitrogens is 1. The maximum absolute atomic E-state index is 12.5. The van der Waals surface area contributed by atoms with Gasteiger partial charge in [0, 0.05) is 30.2 Å². The molecule has 20 heavy (non-hydrogen) atoms. The second kappa shape index (κ2) is 5.56. The zero-order valence-electron chi connectivity index (χ0n) is 12.9. The fourth-order valence-corrected chi connectivity index (χ4v) is 2.60. The van der Waals surface area contributed by atoms with Crippen LogP contribution in [0.1, 0.15) is 56.7 Å². The predicted molar refractivity (Wildman–Crippen MR) is 79.6 cm³/mol. The second-order valence-corrected chi connectivity index (χ2v) is 6.93. The van der Waals surface area contributed by atoms with Crippen LogP contribution in [0.15, 0.2) is 6.07 Å². The van der Waals surface area contributed by atoms with E-state index in [1.165, 1.54) is 0 Å². The van der Waals surface area contributed by atoms with Crippen LogP contribution in [-0.4, -0.2) is 40.1 Å². The van der Waals surface area contributed by atoms with Crippen molar-refractivity contribution in [1.82, 2.24) is 15.1 Å². The first kappa shape index (κ1) is 15.0. The molecule has 0 saturated carbocycles. The summed E-state index contributed by atoms with van der Waals surface area (Å²) in [6.07, 6.45) is 2.13. The first-order valence-electron chi connectivity index (χ1n) is 7.40. The van der Waals surface area contributed by atoms with Crippen molar-refractivity contribution >= 4 is 5.91 Å². The molecule has 5 nitrogen and oxygen atoms in total. The Morgan fingerprint density at radius 1 is 1.55 bits per heavy atom. The molecular formula is C15H26N4O. The van der Waals surface area contributed by atoms with Gasteiger partial charge in [-0.05, 0) is 31.7 Å². The van der Waals surface area contributed by atoms with Gasteiger partial charge < -0.3 is 10.6 Å². The van der Waals surface area contributed by atoms with E-state index in [2.05, 4.69) is 31.0 Å². The minimum atomic E-state index is -0.0261.